The number of thiophene rings is 1. The largest absolute Gasteiger partial charge is 0.403 e. The second-order valence-electron chi connectivity index (χ2n) is 5.22. The number of anilines is 1. The third kappa shape index (κ3) is 1.97. The fourth-order valence-corrected chi connectivity index (χ4v) is 3.45. The van der Waals surface area contributed by atoms with Gasteiger partial charge in [-0.25, -0.2) is 0 Å². The molecule has 0 saturated carbocycles. The number of imide groups is 1. The van der Waals surface area contributed by atoms with Crippen LogP contribution in [0.2, 0.25) is 0 Å². The lowest BCUT2D eigenvalue weighted by molar-refractivity contribution is -0.169. The Morgan fingerprint density at radius 1 is 1.55 bits per heavy atom. The number of nitrogens with one attached hydrogen (secondary N) is 2. The van der Waals surface area contributed by atoms with Crippen molar-refractivity contribution in [2.24, 2.45) is 0 Å². The van der Waals surface area contributed by atoms with Crippen LogP contribution >= 0.6 is 11.3 Å². The van der Waals surface area contributed by atoms with E-state index in [-0.39, 0.29) is 11.8 Å². The first-order valence-corrected chi connectivity index (χ1v) is 7.56. The summed E-state index contributed by atoms with van der Waals surface area (Å²) in [7, 11) is 0. The number of piperidine rings is 1. The maximum atomic E-state index is 12.1. The van der Waals surface area contributed by atoms with E-state index < -0.39 is 5.54 Å². The van der Waals surface area contributed by atoms with Gasteiger partial charge in [-0.3, -0.25) is 14.9 Å². The van der Waals surface area contributed by atoms with E-state index in [0.717, 1.165) is 22.9 Å². The molecule has 1 unspecified atom stereocenters. The minimum Gasteiger partial charge on any atom is -0.403 e. The molecule has 1 aromatic heterocycles. The summed E-state index contributed by atoms with van der Waals surface area (Å²) in [4.78, 5) is 29.2. The van der Waals surface area contributed by atoms with Crippen LogP contribution in [0, 0.1) is 0 Å². The van der Waals surface area contributed by atoms with Gasteiger partial charge in [-0.2, -0.15) is 0 Å². The smallest absolute Gasteiger partial charge is 0.250 e. The summed E-state index contributed by atoms with van der Waals surface area (Å²) in [6, 6.07) is 0. The van der Waals surface area contributed by atoms with Crippen molar-refractivity contribution in [2.75, 3.05) is 11.9 Å². The number of rotatable bonds is 3. The SMILES string of the molecule is CCNc1scc2c1CN(C1(C)CCC(=O)NC1=O)O2. The molecular weight excluding hydrogens is 278 g/mol. The molecule has 1 saturated heterocycles. The van der Waals surface area contributed by atoms with Crippen LogP contribution in [0.1, 0.15) is 32.3 Å². The summed E-state index contributed by atoms with van der Waals surface area (Å²) >= 11 is 1.61. The zero-order valence-corrected chi connectivity index (χ0v) is 12.3. The van der Waals surface area contributed by atoms with E-state index in [1.807, 2.05) is 19.2 Å². The number of hydroxylamine groups is 2. The first-order chi connectivity index (χ1) is 9.54. The van der Waals surface area contributed by atoms with E-state index in [9.17, 15) is 9.59 Å². The molecule has 1 aromatic rings. The monoisotopic (exact) mass is 295 g/mol. The van der Waals surface area contributed by atoms with Crippen LogP contribution in [0.5, 0.6) is 5.75 Å². The molecule has 2 amide bonds. The molecule has 20 heavy (non-hydrogen) atoms. The van der Waals surface area contributed by atoms with Gasteiger partial charge in [0.25, 0.3) is 0 Å². The summed E-state index contributed by atoms with van der Waals surface area (Å²) in [5.74, 6) is 0.304. The highest BCUT2D eigenvalue weighted by Crippen LogP contribution is 2.43. The van der Waals surface area contributed by atoms with Crippen molar-refractivity contribution < 1.29 is 14.4 Å². The lowest BCUT2D eigenvalue weighted by atomic mass is 9.90. The van der Waals surface area contributed by atoms with Gasteiger partial charge in [-0.05, 0) is 20.3 Å². The van der Waals surface area contributed by atoms with Crippen LogP contribution in [0.4, 0.5) is 5.00 Å². The molecule has 2 aliphatic heterocycles. The predicted octanol–water partition coefficient (Wildman–Crippen LogP) is 1.48. The summed E-state index contributed by atoms with van der Waals surface area (Å²) < 4.78 is 0. The Balaban J connectivity index is 1.81. The first-order valence-electron chi connectivity index (χ1n) is 6.68. The molecule has 1 atom stereocenters. The van der Waals surface area contributed by atoms with E-state index in [1.54, 1.807) is 16.4 Å². The van der Waals surface area contributed by atoms with E-state index in [4.69, 9.17) is 4.84 Å². The fraction of sp³-hybridized carbons (Fsp3) is 0.538. The molecule has 0 spiro atoms. The number of carbonyl (C=O) groups excluding carboxylic acids is 2. The lowest BCUT2D eigenvalue weighted by Crippen LogP contribution is -2.60. The van der Waals surface area contributed by atoms with Crippen molar-refractivity contribution >= 4 is 28.2 Å². The van der Waals surface area contributed by atoms with Gasteiger partial charge in [-0.1, -0.05) is 0 Å². The van der Waals surface area contributed by atoms with Crippen molar-refractivity contribution in [3.05, 3.63) is 10.9 Å². The molecule has 0 bridgehead atoms. The second-order valence-corrected chi connectivity index (χ2v) is 6.10. The van der Waals surface area contributed by atoms with Crippen LogP contribution in [-0.4, -0.2) is 29.0 Å². The Bertz CT molecular complexity index is 571. The Labute approximate surface area is 121 Å². The molecule has 6 nitrogen and oxygen atoms in total. The predicted molar refractivity (Wildman–Crippen MR) is 75.4 cm³/mol. The van der Waals surface area contributed by atoms with Gasteiger partial charge in [0.2, 0.25) is 11.8 Å². The first kappa shape index (κ1) is 13.4. The zero-order valence-electron chi connectivity index (χ0n) is 11.5. The van der Waals surface area contributed by atoms with Gasteiger partial charge in [0.1, 0.15) is 5.54 Å². The maximum Gasteiger partial charge on any atom is 0.250 e. The molecule has 2 aliphatic rings. The van der Waals surface area contributed by atoms with Crippen LogP contribution in [-0.2, 0) is 16.1 Å². The quantitative estimate of drug-likeness (QED) is 0.827. The fourth-order valence-electron chi connectivity index (χ4n) is 2.50. The van der Waals surface area contributed by atoms with E-state index in [1.165, 1.54) is 0 Å². The molecule has 3 rings (SSSR count). The van der Waals surface area contributed by atoms with Gasteiger partial charge in [0.05, 0.1) is 11.5 Å². The zero-order chi connectivity index (χ0) is 14.3. The molecule has 0 aliphatic carbocycles. The highest BCUT2D eigenvalue weighted by Gasteiger charge is 2.48. The van der Waals surface area contributed by atoms with Crippen molar-refractivity contribution in [2.45, 2.75) is 38.8 Å². The highest BCUT2D eigenvalue weighted by molar-refractivity contribution is 7.14. The van der Waals surface area contributed by atoms with Gasteiger partial charge < -0.3 is 10.2 Å². The van der Waals surface area contributed by atoms with Crippen molar-refractivity contribution in [3.63, 3.8) is 0 Å². The van der Waals surface area contributed by atoms with E-state index >= 15 is 0 Å². The number of carbonyl (C=O) groups is 2. The Morgan fingerprint density at radius 2 is 2.35 bits per heavy atom. The summed E-state index contributed by atoms with van der Waals surface area (Å²) in [5.41, 5.74) is 0.288. The summed E-state index contributed by atoms with van der Waals surface area (Å²) in [6.45, 7) is 5.26. The molecule has 2 N–H and O–H groups in total. The van der Waals surface area contributed by atoms with Crippen LogP contribution < -0.4 is 15.5 Å². The molecule has 7 heteroatoms. The Hall–Kier alpha value is -1.60. The summed E-state index contributed by atoms with van der Waals surface area (Å²) in [5, 5.41) is 10.4. The van der Waals surface area contributed by atoms with Crippen LogP contribution in [0.25, 0.3) is 0 Å². The second kappa shape index (κ2) is 4.75. The number of fused-ring (bicyclic) bond motifs is 1. The minimum absolute atomic E-state index is 0.214. The highest BCUT2D eigenvalue weighted by atomic mass is 32.1. The van der Waals surface area contributed by atoms with Crippen LogP contribution in [0.15, 0.2) is 5.38 Å². The van der Waals surface area contributed by atoms with Crippen molar-refractivity contribution in [3.8, 4) is 5.75 Å². The van der Waals surface area contributed by atoms with E-state index in [0.29, 0.717) is 19.4 Å². The number of nitrogens with zero attached hydrogens (tertiary/aromatic N) is 1. The van der Waals surface area contributed by atoms with Gasteiger partial charge >= 0.3 is 0 Å². The third-order valence-electron chi connectivity index (χ3n) is 3.83. The average Bonchev–Trinajstić information content (AvgIpc) is 2.97. The lowest BCUT2D eigenvalue weighted by Gasteiger charge is -2.37. The standard InChI is InChI=1S/C13H17N3O3S/c1-3-14-11-8-6-16(19-9(8)7-20-11)13(2)5-4-10(17)15-12(13)18/h7,14H,3-6H2,1-2H3,(H,15,17,18). The molecule has 0 radical (unpaired) electrons. The Kier molecular flexibility index (Phi) is 3.18. The molecule has 0 aromatic carbocycles. The summed E-state index contributed by atoms with van der Waals surface area (Å²) in [6.07, 6.45) is 0.816. The molecular formula is C13H17N3O3S. The maximum absolute atomic E-state index is 12.1. The average molecular weight is 295 g/mol. The van der Waals surface area contributed by atoms with Crippen molar-refractivity contribution in [1.29, 1.82) is 0 Å². The number of amides is 2. The normalized spacial score (nSPS) is 26.1. The molecule has 3 heterocycles. The third-order valence-corrected chi connectivity index (χ3v) is 4.79. The van der Waals surface area contributed by atoms with Gasteiger partial charge in [0.15, 0.2) is 5.75 Å². The van der Waals surface area contributed by atoms with Gasteiger partial charge in [0, 0.05) is 23.9 Å². The molecule has 108 valence electrons. The molecule has 1 fully saturated rings. The Morgan fingerprint density at radius 3 is 3.05 bits per heavy atom. The van der Waals surface area contributed by atoms with E-state index in [2.05, 4.69) is 10.6 Å². The van der Waals surface area contributed by atoms with Crippen LogP contribution in [0.3, 0.4) is 0 Å². The minimum atomic E-state index is -0.798. The van der Waals surface area contributed by atoms with Gasteiger partial charge in [-0.15, -0.1) is 16.4 Å². The number of hydrogen-bond donors (Lipinski definition) is 2. The van der Waals surface area contributed by atoms with Crippen molar-refractivity contribution in [1.82, 2.24) is 10.4 Å². The topological polar surface area (TPSA) is 70.7 Å². The number of hydrogen-bond acceptors (Lipinski definition) is 6.